The van der Waals surface area contributed by atoms with Crippen LogP contribution in [0.2, 0.25) is 0 Å². The Bertz CT molecular complexity index is 569. The van der Waals surface area contributed by atoms with Crippen molar-refractivity contribution < 1.29 is 19.1 Å². The number of imide groups is 1. The molecule has 1 heterocycles. The van der Waals surface area contributed by atoms with Crippen molar-refractivity contribution in [2.24, 2.45) is 11.8 Å². The van der Waals surface area contributed by atoms with Crippen LogP contribution in [0.4, 0.5) is 5.69 Å². The average molecular weight is 287 g/mol. The molecular weight excluding hydrogens is 270 g/mol. The summed E-state index contributed by atoms with van der Waals surface area (Å²) in [6, 6.07) is 6.40. The zero-order chi connectivity index (χ0) is 15.0. The van der Waals surface area contributed by atoms with Gasteiger partial charge in [0.1, 0.15) is 0 Å². The molecule has 1 saturated heterocycles. The third kappa shape index (κ3) is 2.22. The van der Waals surface area contributed by atoms with Crippen molar-refractivity contribution in [1.82, 2.24) is 0 Å². The second-order valence-electron chi connectivity index (χ2n) is 5.55. The molecule has 110 valence electrons. The van der Waals surface area contributed by atoms with Crippen molar-refractivity contribution in [2.45, 2.75) is 25.7 Å². The minimum Gasteiger partial charge on any atom is -0.465 e. The summed E-state index contributed by atoms with van der Waals surface area (Å²) in [5.74, 6) is -0.960. The highest BCUT2D eigenvalue weighted by molar-refractivity contribution is 6.22. The molecule has 2 amide bonds. The summed E-state index contributed by atoms with van der Waals surface area (Å²) in [6.45, 7) is 0. The number of ether oxygens (including phenoxy) is 1. The second kappa shape index (κ2) is 5.31. The number of methoxy groups -OCH3 is 1. The Balaban J connectivity index is 1.88. The Labute approximate surface area is 122 Å². The minimum absolute atomic E-state index is 0.101. The van der Waals surface area contributed by atoms with Crippen molar-refractivity contribution >= 4 is 23.5 Å². The molecule has 1 aromatic carbocycles. The molecule has 2 aliphatic rings. The van der Waals surface area contributed by atoms with Crippen LogP contribution in [0.15, 0.2) is 24.3 Å². The molecule has 0 aromatic heterocycles. The lowest BCUT2D eigenvalue weighted by Gasteiger charge is -2.19. The maximum atomic E-state index is 12.4. The maximum absolute atomic E-state index is 12.4. The fourth-order valence-electron chi connectivity index (χ4n) is 3.28. The molecule has 3 rings (SSSR count). The highest BCUT2D eigenvalue weighted by Crippen LogP contribution is 2.39. The highest BCUT2D eigenvalue weighted by Gasteiger charge is 2.48. The zero-order valence-electron chi connectivity index (χ0n) is 11.9. The summed E-state index contributed by atoms with van der Waals surface area (Å²) in [6.07, 6.45) is 3.61. The largest absolute Gasteiger partial charge is 0.465 e. The molecule has 0 N–H and O–H groups in total. The number of hydrogen-bond acceptors (Lipinski definition) is 4. The van der Waals surface area contributed by atoms with Crippen LogP contribution in [0.1, 0.15) is 36.0 Å². The van der Waals surface area contributed by atoms with Crippen LogP contribution >= 0.6 is 0 Å². The van der Waals surface area contributed by atoms with Gasteiger partial charge in [0.25, 0.3) is 0 Å². The van der Waals surface area contributed by atoms with Gasteiger partial charge in [-0.05, 0) is 37.1 Å². The predicted octanol–water partition coefficient (Wildman–Crippen LogP) is 2.15. The lowest BCUT2D eigenvalue weighted by molar-refractivity contribution is -0.122. The predicted molar refractivity (Wildman–Crippen MR) is 75.7 cm³/mol. The minimum atomic E-state index is -0.436. The van der Waals surface area contributed by atoms with Gasteiger partial charge in [0.15, 0.2) is 0 Å². The van der Waals surface area contributed by atoms with Crippen LogP contribution in [-0.4, -0.2) is 24.9 Å². The normalized spacial score (nSPS) is 24.9. The molecule has 5 nitrogen and oxygen atoms in total. The van der Waals surface area contributed by atoms with Gasteiger partial charge in [-0.15, -0.1) is 0 Å². The molecule has 1 aliphatic heterocycles. The van der Waals surface area contributed by atoms with Crippen LogP contribution in [-0.2, 0) is 14.3 Å². The van der Waals surface area contributed by atoms with Crippen LogP contribution in [0.25, 0.3) is 0 Å². The van der Waals surface area contributed by atoms with Gasteiger partial charge in [0.05, 0.1) is 30.2 Å². The Morgan fingerprint density at radius 1 is 1.05 bits per heavy atom. The molecule has 5 heteroatoms. The fraction of sp³-hybridized carbons (Fsp3) is 0.438. The number of hydrogen-bond donors (Lipinski definition) is 0. The zero-order valence-corrected chi connectivity index (χ0v) is 11.9. The smallest absolute Gasteiger partial charge is 0.337 e. The van der Waals surface area contributed by atoms with Crippen LogP contribution in [0.5, 0.6) is 0 Å². The molecule has 0 spiro atoms. The van der Waals surface area contributed by atoms with E-state index < -0.39 is 5.97 Å². The summed E-state index contributed by atoms with van der Waals surface area (Å²) in [5, 5.41) is 0. The highest BCUT2D eigenvalue weighted by atomic mass is 16.5. The molecule has 1 aliphatic carbocycles. The molecule has 1 aromatic rings. The Morgan fingerprint density at radius 2 is 1.57 bits per heavy atom. The van der Waals surface area contributed by atoms with Gasteiger partial charge in [-0.3, -0.25) is 14.5 Å². The second-order valence-corrected chi connectivity index (χ2v) is 5.55. The Kier molecular flexibility index (Phi) is 3.49. The summed E-state index contributed by atoms with van der Waals surface area (Å²) in [5.41, 5.74) is 0.935. The van der Waals surface area contributed by atoms with E-state index in [0.717, 1.165) is 25.7 Å². The number of nitrogens with zero attached hydrogens (tertiary/aromatic N) is 1. The van der Waals surface area contributed by atoms with Crippen LogP contribution < -0.4 is 4.90 Å². The summed E-state index contributed by atoms with van der Waals surface area (Å²) in [7, 11) is 1.31. The fourth-order valence-corrected chi connectivity index (χ4v) is 3.28. The molecule has 0 unspecified atom stereocenters. The van der Waals surface area contributed by atoms with Gasteiger partial charge in [0.2, 0.25) is 11.8 Å². The monoisotopic (exact) mass is 287 g/mol. The SMILES string of the molecule is COC(=O)c1ccc(N2C(=O)[C@H]3CCCC[C@@H]3C2=O)cc1. The van der Waals surface area contributed by atoms with Crippen molar-refractivity contribution in [3.63, 3.8) is 0 Å². The van der Waals surface area contributed by atoms with E-state index in [1.54, 1.807) is 24.3 Å². The molecular formula is C16H17NO4. The summed E-state index contributed by atoms with van der Waals surface area (Å²) < 4.78 is 4.63. The topological polar surface area (TPSA) is 63.7 Å². The number of anilines is 1. The number of benzene rings is 1. The first-order chi connectivity index (χ1) is 10.1. The molecule has 2 fully saturated rings. The van der Waals surface area contributed by atoms with Crippen molar-refractivity contribution in [3.05, 3.63) is 29.8 Å². The van der Waals surface area contributed by atoms with Gasteiger partial charge >= 0.3 is 5.97 Å². The third-order valence-electron chi connectivity index (χ3n) is 4.39. The van der Waals surface area contributed by atoms with Crippen molar-refractivity contribution in [3.8, 4) is 0 Å². The molecule has 0 bridgehead atoms. The summed E-state index contributed by atoms with van der Waals surface area (Å²) >= 11 is 0. The number of carbonyl (C=O) groups is 3. The lowest BCUT2D eigenvalue weighted by Crippen LogP contribution is -2.30. The van der Waals surface area contributed by atoms with Gasteiger partial charge < -0.3 is 4.74 Å². The number of carbonyl (C=O) groups excluding carboxylic acids is 3. The maximum Gasteiger partial charge on any atom is 0.337 e. The molecule has 21 heavy (non-hydrogen) atoms. The first kappa shape index (κ1) is 13.8. The first-order valence-electron chi connectivity index (χ1n) is 7.19. The third-order valence-corrected chi connectivity index (χ3v) is 4.39. The molecule has 2 atom stereocenters. The van der Waals surface area contributed by atoms with Crippen molar-refractivity contribution in [2.75, 3.05) is 12.0 Å². The average Bonchev–Trinajstić information content (AvgIpc) is 2.79. The molecule has 1 saturated carbocycles. The Morgan fingerprint density at radius 3 is 2.05 bits per heavy atom. The van der Waals surface area contributed by atoms with E-state index in [1.807, 2.05) is 0 Å². The Hall–Kier alpha value is -2.17. The van der Waals surface area contributed by atoms with Crippen LogP contribution in [0.3, 0.4) is 0 Å². The standard InChI is InChI=1S/C16H17NO4/c1-21-16(20)10-6-8-11(9-7-10)17-14(18)12-4-2-3-5-13(12)15(17)19/h6-9,12-13H,2-5H2,1H3/t12-,13-/m0/s1. The summed E-state index contributed by atoms with van der Waals surface area (Å²) in [4.78, 5) is 37.6. The number of rotatable bonds is 2. The number of esters is 1. The van der Waals surface area contributed by atoms with Crippen LogP contribution in [0, 0.1) is 11.8 Å². The van der Waals surface area contributed by atoms with E-state index in [9.17, 15) is 14.4 Å². The van der Waals surface area contributed by atoms with E-state index in [-0.39, 0.29) is 23.7 Å². The number of fused-ring (bicyclic) bond motifs is 1. The van der Waals surface area contributed by atoms with E-state index in [1.165, 1.54) is 12.0 Å². The quantitative estimate of drug-likeness (QED) is 0.617. The lowest BCUT2D eigenvalue weighted by atomic mass is 9.81. The first-order valence-corrected chi connectivity index (χ1v) is 7.19. The molecule has 0 radical (unpaired) electrons. The van der Waals surface area contributed by atoms with Crippen molar-refractivity contribution in [1.29, 1.82) is 0 Å². The number of amides is 2. The van der Waals surface area contributed by atoms with E-state index in [4.69, 9.17) is 0 Å². The van der Waals surface area contributed by atoms with E-state index in [2.05, 4.69) is 4.74 Å². The van der Waals surface area contributed by atoms with Gasteiger partial charge in [-0.2, -0.15) is 0 Å². The van der Waals surface area contributed by atoms with Gasteiger partial charge in [-0.25, -0.2) is 4.79 Å². The van der Waals surface area contributed by atoms with E-state index in [0.29, 0.717) is 11.3 Å². The van der Waals surface area contributed by atoms with Gasteiger partial charge in [0, 0.05) is 0 Å². The van der Waals surface area contributed by atoms with E-state index >= 15 is 0 Å². The van der Waals surface area contributed by atoms with Gasteiger partial charge in [-0.1, -0.05) is 12.8 Å².